The highest BCUT2D eigenvalue weighted by Crippen LogP contribution is 2.11. The van der Waals surface area contributed by atoms with Gasteiger partial charge in [0, 0.05) is 32.6 Å². The second-order valence-corrected chi connectivity index (χ2v) is 5.55. The van der Waals surface area contributed by atoms with E-state index in [1.54, 1.807) is 19.2 Å². The van der Waals surface area contributed by atoms with E-state index in [-0.39, 0.29) is 23.2 Å². The summed E-state index contributed by atoms with van der Waals surface area (Å²) in [6.07, 6.45) is 0.727. The van der Waals surface area contributed by atoms with Gasteiger partial charge in [-0.15, -0.1) is 0 Å². The van der Waals surface area contributed by atoms with E-state index in [0.717, 1.165) is 6.42 Å². The zero-order valence-electron chi connectivity index (χ0n) is 11.4. The number of amides is 2. The Bertz CT molecular complexity index is 457. The zero-order chi connectivity index (χ0) is 14.8. The maximum Gasteiger partial charge on any atom is 0.314 e. The Morgan fingerprint density at radius 3 is 2.70 bits per heavy atom. The van der Waals surface area contributed by atoms with E-state index < -0.39 is 16.6 Å². The SMILES string of the molecule is COCCCNC(=O)NCCS(=O)c1ccccc1F. The van der Waals surface area contributed by atoms with Crippen LogP contribution in [-0.2, 0) is 15.5 Å². The molecule has 0 aliphatic heterocycles. The van der Waals surface area contributed by atoms with Gasteiger partial charge in [0.05, 0.1) is 15.7 Å². The van der Waals surface area contributed by atoms with Crippen LogP contribution in [0.3, 0.4) is 0 Å². The predicted octanol–water partition coefficient (Wildman–Crippen LogP) is 1.27. The molecule has 1 rings (SSSR count). The maximum absolute atomic E-state index is 13.4. The largest absolute Gasteiger partial charge is 0.385 e. The molecule has 7 heteroatoms. The number of urea groups is 1. The van der Waals surface area contributed by atoms with E-state index in [1.165, 1.54) is 12.1 Å². The predicted molar refractivity (Wildman–Crippen MR) is 75.6 cm³/mol. The first kappa shape index (κ1) is 16.6. The third-order valence-electron chi connectivity index (χ3n) is 2.47. The number of benzene rings is 1. The van der Waals surface area contributed by atoms with Crippen molar-refractivity contribution in [3.63, 3.8) is 0 Å². The number of carbonyl (C=O) groups is 1. The summed E-state index contributed by atoms with van der Waals surface area (Å²) in [5.74, 6) is -0.318. The molecule has 0 heterocycles. The minimum Gasteiger partial charge on any atom is -0.385 e. The first-order valence-corrected chi connectivity index (χ1v) is 7.60. The number of rotatable bonds is 8. The van der Waals surface area contributed by atoms with Gasteiger partial charge in [0.25, 0.3) is 0 Å². The molecular weight excluding hydrogens is 283 g/mol. The summed E-state index contributed by atoms with van der Waals surface area (Å²) < 4.78 is 30.0. The third kappa shape index (κ3) is 6.12. The molecule has 112 valence electrons. The van der Waals surface area contributed by atoms with Crippen LogP contribution in [0.25, 0.3) is 0 Å². The van der Waals surface area contributed by atoms with E-state index >= 15 is 0 Å². The van der Waals surface area contributed by atoms with Crippen LogP contribution < -0.4 is 10.6 Å². The fraction of sp³-hybridized carbons (Fsp3) is 0.462. The molecule has 0 spiro atoms. The minimum atomic E-state index is -1.46. The van der Waals surface area contributed by atoms with Crippen molar-refractivity contribution in [3.8, 4) is 0 Å². The van der Waals surface area contributed by atoms with Crippen LogP contribution >= 0.6 is 0 Å². The molecule has 0 radical (unpaired) electrons. The number of carbonyl (C=O) groups excluding carboxylic acids is 1. The Labute approximate surface area is 120 Å². The number of nitrogens with one attached hydrogen (secondary N) is 2. The number of halogens is 1. The fourth-order valence-corrected chi connectivity index (χ4v) is 2.50. The molecule has 1 unspecified atom stereocenters. The van der Waals surface area contributed by atoms with Crippen molar-refractivity contribution in [1.82, 2.24) is 10.6 Å². The number of hydrogen-bond acceptors (Lipinski definition) is 3. The van der Waals surface area contributed by atoms with Crippen molar-refractivity contribution in [1.29, 1.82) is 0 Å². The lowest BCUT2D eigenvalue weighted by Gasteiger charge is -2.07. The molecule has 0 aliphatic carbocycles. The van der Waals surface area contributed by atoms with Crippen LogP contribution in [0.5, 0.6) is 0 Å². The van der Waals surface area contributed by atoms with Crippen LogP contribution in [0.15, 0.2) is 29.2 Å². The monoisotopic (exact) mass is 302 g/mol. The third-order valence-corrected chi connectivity index (χ3v) is 3.86. The fourth-order valence-electron chi connectivity index (χ4n) is 1.48. The van der Waals surface area contributed by atoms with Gasteiger partial charge >= 0.3 is 6.03 Å². The molecule has 0 aliphatic rings. The van der Waals surface area contributed by atoms with Crippen LogP contribution in [0.1, 0.15) is 6.42 Å². The summed E-state index contributed by atoms with van der Waals surface area (Å²) in [6, 6.07) is 5.60. The number of methoxy groups -OCH3 is 1. The number of ether oxygens (including phenoxy) is 1. The van der Waals surface area contributed by atoms with E-state index in [4.69, 9.17) is 4.74 Å². The van der Waals surface area contributed by atoms with E-state index in [9.17, 15) is 13.4 Å². The lowest BCUT2D eigenvalue weighted by molar-refractivity contribution is 0.193. The maximum atomic E-state index is 13.4. The van der Waals surface area contributed by atoms with Gasteiger partial charge in [-0.3, -0.25) is 4.21 Å². The van der Waals surface area contributed by atoms with Crippen LogP contribution in [0, 0.1) is 5.82 Å². The van der Waals surface area contributed by atoms with Gasteiger partial charge in [-0.05, 0) is 18.6 Å². The summed E-state index contributed by atoms with van der Waals surface area (Å²) in [6.45, 7) is 1.31. The average Bonchev–Trinajstić information content (AvgIpc) is 2.44. The van der Waals surface area contributed by atoms with Crippen LogP contribution in [-0.4, -0.2) is 42.8 Å². The molecule has 2 N–H and O–H groups in total. The Morgan fingerprint density at radius 1 is 1.30 bits per heavy atom. The van der Waals surface area contributed by atoms with Gasteiger partial charge in [0.2, 0.25) is 0 Å². The quantitative estimate of drug-likeness (QED) is 0.711. The lowest BCUT2D eigenvalue weighted by Crippen LogP contribution is -2.38. The first-order valence-electron chi connectivity index (χ1n) is 6.28. The molecule has 1 aromatic rings. The second-order valence-electron chi connectivity index (χ2n) is 4.01. The number of hydrogen-bond donors (Lipinski definition) is 2. The normalized spacial score (nSPS) is 11.9. The molecular formula is C13H19FN2O3S. The summed E-state index contributed by atoms with van der Waals surface area (Å²) in [7, 11) is 0.138. The second kappa shape index (κ2) is 9.44. The standard InChI is InChI=1S/C13H19FN2O3S/c1-19-9-4-7-15-13(17)16-8-10-20(18)12-6-3-2-5-11(12)14/h2-3,5-6H,4,7-10H2,1H3,(H2,15,16,17). The molecule has 20 heavy (non-hydrogen) atoms. The smallest absolute Gasteiger partial charge is 0.314 e. The topological polar surface area (TPSA) is 67.4 Å². The van der Waals surface area contributed by atoms with Gasteiger partial charge in [-0.1, -0.05) is 12.1 Å². The van der Waals surface area contributed by atoms with Crippen molar-refractivity contribution in [2.45, 2.75) is 11.3 Å². The molecule has 0 saturated heterocycles. The van der Waals surface area contributed by atoms with E-state index in [0.29, 0.717) is 13.2 Å². The average molecular weight is 302 g/mol. The van der Waals surface area contributed by atoms with E-state index in [1.807, 2.05) is 0 Å². The van der Waals surface area contributed by atoms with Crippen LogP contribution in [0.2, 0.25) is 0 Å². The highest BCUT2D eigenvalue weighted by Gasteiger charge is 2.09. The summed E-state index contributed by atoms with van der Waals surface area (Å²) in [5.41, 5.74) is 0. The molecule has 5 nitrogen and oxygen atoms in total. The van der Waals surface area contributed by atoms with Gasteiger partial charge in [-0.2, -0.15) is 0 Å². The van der Waals surface area contributed by atoms with Crippen molar-refractivity contribution < 1.29 is 18.1 Å². The Kier molecular flexibility index (Phi) is 7.82. The van der Waals surface area contributed by atoms with Crippen molar-refractivity contribution in [2.24, 2.45) is 0 Å². The summed E-state index contributed by atoms with van der Waals surface area (Å²) in [5, 5.41) is 5.21. The molecule has 0 saturated carbocycles. The van der Waals surface area contributed by atoms with Crippen molar-refractivity contribution in [3.05, 3.63) is 30.1 Å². The molecule has 1 atom stereocenters. The Hall–Kier alpha value is -1.47. The minimum absolute atomic E-state index is 0.162. The lowest BCUT2D eigenvalue weighted by atomic mass is 10.3. The zero-order valence-corrected chi connectivity index (χ0v) is 12.2. The van der Waals surface area contributed by atoms with Crippen molar-refractivity contribution >= 4 is 16.8 Å². The summed E-state index contributed by atoms with van der Waals surface area (Å²) in [4.78, 5) is 11.5. The van der Waals surface area contributed by atoms with E-state index in [2.05, 4.69) is 10.6 Å². The molecule has 0 aromatic heterocycles. The van der Waals surface area contributed by atoms with Gasteiger partial charge in [0.1, 0.15) is 5.82 Å². The summed E-state index contributed by atoms with van der Waals surface area (Å²) >= 11 is 0. The molecule has 0 bridgehead atoms. The highest BCUT2D eigenvalue weighted by atomic mass is 32.2. The Morgan fingerprint density at radius 2 is 2.00 bits per heavy atom. The van der Waals surface area contributed by atoms with Gasteiger partial charge in [-0.25, -0.2) is 9.18 Å². The molecule has 2 amide bonds. The highest BCUT2D eigenvalue weighted by molar-refractivity contribution is 7.85. The Balaban J connectivity index is 2.22. The van der Waals surface area contributed by atoms with Gasteiger partial charge < -0.3 is 15.4 Å². The van der Waals surface area contributed by atoms with Gasteiger partial charge in [0.15, 0.2) is 0 Å². The van der Waals surface area contributed by atoms with Crippen LogP contribution in [0.4, 0.5) is 9.18 Å². The molecule has 0 fully saturated rings. The first-order chi connectivity index (χ1) is 9.65. The molecule has 1 aromatic carbocycles. The van der Waals surface area contributed by atoms with Crippen molar-refractivity contribution in [2.75, 3.05) is 32.6 Å².